The first kappa shape index (κ1) is 28.6. The summed E-state index contributed by atoms with van der Waals surface area (Å²) in [5.41, 5.74) is 12.4. The number of pyridine rings is 1. The van der Waals surface area contributed by atoms with E-state index < -0.39 is 0 Å². The van der Waals surface area contributed by atoms with E-state index in [2.05, 4.69) is 107 Å². The van der Waals surface area contributed by atoms with Crippen LogP contribution in [0.4, 0.5) is 11.4 Å². The Morgan fingerprint density at radius 1 is 1.17 bits per heavy atom. The molecule has 0 spiro atoms. The van der Waals surface area contributed by atoms with Gasteiger partial charge in [0.25, 0.3) is 0 Å². The third-order valence-electron chi connectivity index (χ3n) is 9.01. The van der Waals surface area contributed by atoms with Crippen molar-refractivity contribution in [3.8, 4) is 6.07 Å². The van der Waals surface area contributed by atoms with Crippen molar-refractivity contribution in [1.29, 1.82) is 5.26 Å². The van der Waals surface area contributed by atoms with Crippen LogP contribution in [0.2, 0.25) is 5.02 Å². The predicted octanol–water partition coefficient (Wildman–Crippen LogP) is 6.55. The van der Waals surface area contributed by atoms with Gasteiger partial charge in [-0.3, -0.25) is 14.9 Å². The SMILES string of the molecule is CC1(CNc2c(C#N)cnc3c(Cl)cc(N[C@H](C4=CN(C5CCN(C(C)(C)C)CC5)NN4)c4ccccc4)cc23)CC1. The van der Waals surface area contributed by atoms with E-state index >= 15 is 0 Å². The molecule has 6 rings (SSSR count). The molecule has 1 saturated carbocycles. The van der Waals surface area contributed by atoms with Crippen LogP contribution in [0.25, 0.3) is 10.9 Å². The average molecular weight is 585 g/mol. The van der Waals surface area contributed by atoms with Crippen molar-refractivity contribution in [3.63, 3.8) is 0 Å². The highest BCUT2D eigenvalue weighted by Crippen LogP contribution is 2.45. The van der Waals surface area contributed by atoms with E-state index in [1.807, 2.05) is 12.1 Å². The van der Waals surface area contributed by atoms with Gasteiger partial charge in [0.05, 0.1) is 33.5 Å². The largest absolute Gasteiger partial charge is 0.383 e. The van der Waals surface area contributed by atoms with Gasteiger partial charge in [0.15, 0.2) is 0 Å². The second kappa shape index (κ2) is 11.3. The summed E-state index contributed by atoms with van der Waals surface area (Å²) in [5.74, 6) is 0. The van der Waals surface area contributed by atoms with Crippen molar-refractivity contribution in [3.05, 3.63) is 76.7 Å². The van der Waals surface area contributed by atoms with Crippen LogP contribution in [0, 0.1) is 16.7 Å². The highest BCUT2D eigenvalue weighted by molar-refractivity contribution is 6.35. The summed E-state index contributed by atoms with van der Waals surface area (Å²) in [5, 5.41) is 20.8. The Balaban J connectivity index is 1.29. The van der Waals surface area contributed by atoms with Crippen molar-refractivity contribution < 1.29 is 0 Å². The maximum Gasteiger partial charge on any atom is 0.103 e. The highest BCUT2D eigenvalue weighted by atomic mass is 35.5. The van der Waals surface area contributed by atoms with Crippen molar-refractivity contribution in [1.82, 2.24) is 25.9 Å². The van der Waals surface area contributed by atoms with Gasteiger partial charge in [0, 0.05) is 54.7 Å². The molecule has 0 unspecified atom stereocenters. The van der Waals surface area contributed by atoms with Crippen LogP contribution in [-0.2, 0) is 0 Å². The number of halogens is 1. The van der Waals surface area contributed by atoms with Crippen molar-refractivity contribution >= 4 is 33.9 Å². The number of nitriles is 1. The highest BCUT2D eigenvalue weighted by Gasteiger charge is 2.37. The third-order valence-corrected chi connectivity index (χ3v) is 9.30. The molecule has 8 nitrogen and oxygen atoms in total. The Kier molecular flexibility index (Phi) is 7.69. The van der Waals surface area contributed by atoms with Gasteiger partial charge in [0.1, 0.15) is 6.07 Å². The zero-order valence-corrected chi connectivity index (χ0v) is 25.7. The van der Waals surface area contributed by atoms with Gasteiger partial charge in [-0.05, 0) is 69.6 Å². The molecule has 1 saturated heterocycles. The van der Waals surface area contributed by atoms with Gasteiger partial charge in [0.2, 0.25) is 0 Å². The fourth-order valence-corrected chi connectivity index (χ4v) is 6.23. The number of fused-ring (bicyclic) bond motifs is 1. The van der Waals surface area contributed by atoms with Gasteiger partial charge in [-0.1, -0.05) is 48.9 Å². The van der Waals surface area contributed by atoms with Crippen LogP contribution in [0.5, 0.6) is 0 Å². The molecule has 0 amide bonds. The first-order chi connectivity index (χ1) is 20.1. The number of benzene rings is 2. The predicted molar refractivity (Wildman–Crippen MR) is 171 cm³/mol. The Morgan fingerprint density at radius 2 is 1.90 bits per heavy atom. The van der Waals surface area contributed by atoms with Crippen LogP contribution in [0.3, 0.4) is 0 Å². The van der Waals surface area contributed by atoms with E-state index in [-0.39, 0.29) is 17.0 Å². The minimum atomic E-state index is -0.152. The van der Waals surface area contributed by atoms with Crippen molar-refractivity contribution in [2.75, 3.05) is 30.3 Å². The lowest BCUT2D eigenvalue weighted by molar-refractivity contribution is 0.0570. The summed E-state index contributed by atoms with van der Waals surface area (Å²) < 4.78 is 0. The number of hydrazine groups is 2. The fourth-order valence-electron chi connectivity index (χ4n) is 5.96. The van der Waals surface area contributed by atoms with E-state index in [1.54, 1.807) is 6.20 Å². The molecule has 220 valence electrons. The number of likely N-dealkylation sites (tertiary alicyclic amines) is 1. The standard InChI is InChI=1S/C33H41ClN8/c1-32(2,3)41-14-10-25(11-15-41)42-20-28(39-40-42)30(22-8-6-5-7-9-22)38-24-16-26-29(37-21-33(4)12-13-33)23(18-35)19-36-31(26)27(34)17-24/h5-9,16-17,19-20,25,30,38-40H,10-15,21H2,1-4H3,(H,36,37)/t30-/m0/s1. The molecular formula is C33H41ClN8. The Morgan fingerprint density at radius 3 is 2.57 bits per heavy atom. The molecule has 1 atom stereocenters. The van der Waals surface area contributed by atoms with Crippen LogP contribution < -0.4 is 21.6 Å². The molecule has 1 aliphatic carbocycles. The number of anilines is 2. The van der Waals surface area contributed by atoms with Gasteiger partial charge >= 0.3 is 0 Å². The summed E-state index contributed by atoms with van der Waals surface area (Å²) in [6.07, 6.45) is 8.40. The summed E-state index contributed by atoms with van der Waals surface area (Å²) in [4.78, 5) is 7.11. The van der Waals surface area contributed by atoms with Crippen LogP contribution in [-0.4, -0.2) is 46.1 Å². The average Bonchev–Trinajstić information content (AvgIpc) is 3.52. The normalized spacial score (nSPS) is 19.6. The number of nitrogens with one attached hydrogen (secondary N) is 4. The van der Waals surface area contributed by atoms with Crippen LogP contribution in [0.1, 0.15) is 70.5 Å². The molecule has 3 aromatic rings. The van der Waals surface area contributed by atoms with Crippen LogP contribution in [0.15, 0.2) is 60.6 Å². The summed E-state index contributed by atoms with van der Waals surface area (Å²) in [6.45, 7) is 12.1. The van der Waals surface area contributed by atoms with E-state index in [4.69, 9.17) is 11.6 Å². The Labute approximate surface area is 254 Å². The number of piperidine rings is 1. The molecule has 2 aromatic carbocycles. The maximum absolute atomic E-state index is 9.88. The maximum atomic E-state index is 9.88. The molecule has 2 fully saturated rings. The lowest BCUT2D eigenvalue weighted by atomic mass is 9.98. The number of nitrogens with zero attached hydrogens (tertiary/aromatic N) is 4. The minimum Gasteiger partial charge on any atom is -0.383 e. The fraction of sp³-hybridized carbons (Fsp3) is 0.455. The van der Waals surface area contributed by atoms with E-state index in [0.29, 0.717) is 22.1 Å². The molecule has 1 aromatic heterocycles. The molecule has 0 bridgehead atoms. The zero-order chi connectivity index (χ0) is 29.5. The molecule has 4 N–H and O–H groups in total. The van der Waals surface area contributed by atoms with E-state index in [1.165, 1.54) is 12.8 Å². The molecule has 3 heterocycles. The number of rotatable bonds is 8. The number of hydrogen-bond acceptors (Lipinski definition) is 8. The Bertz CT molecular complexity index is 1510. The number of aromatic nitrogens is 1. The van der Waals surface area contributed by atoms with Gasteiger partial charge in [-0.25, -0.2) is 0 Å². The van der Waals surface area contributed by atoms with Gasteiger partial charge < -0.3 is 16.1 Å². The Hall–Kier alpha value is -3.51. The smallest absolute Gasteiger partial charge is 0.103 e. The second-order valence-corrected chi connectivity index (χ2v) is 13.7. The lowest BCUT2D eigenvalue weighted by Gasteiger charge is -2.42. The van der Waals surface area contributed by atoms with Crippen molar-refractivity contribution in [2.24, 2.45) is 5.41 Å². The van der Waals surface area contributed by atoms with Crippen molar-refractivity contribution in [2.45, 2.75) is 71.0 Å². The molecule has 42 heavy (non-hydrogen) atoms. The summed E-state index contributed by atoms with van der Waals surface area (Å²) in [6, 6.07) is 17.0. The topological polar surface area (TPSA) is 91.3 Å². The number of hydrogen-bond donors (Lipinski definition) is 4. The molecule has 0 radical (unpaired) electrons. The zero-order valence-electron chi connectivity index (χ0n) is 25.0. The van der Waals surface area contributed by atoms with Crippen LogP contribution >= 0.6 is 11.6 Å². The van der Waals surface area contributed by atoms with Gasteiger partial charge in [-0.15, -0.1) is 5.53 Å². The first-order valence-electron chi connectivity index (χ1n) is 15.0. The summed E-state index contributed by atoms with van der Waals surface area (Å²) in [7, 11) is 0. The van der Waals surface area contributed by atoms with E-state index in [9.17, 15) is 5.26 Å². The molecule has 3 aliphatic rings. The lowest BCUT2D eigenvalue weighted by Crippen LogP contribution is -2.52. The second-order valence-electron chi connectivity index (χ2n) is 13.3. The molecule has 2 aliphatic heterocycles. The first-order valence-corrected chi connectivity index (χ1v) is 15.4. The quantitative estimate of drug-likeness (QED) is 0.237. The summed E-state index contributed by atoms with van der Waals surface area (Å²) >= 11 is 6.82. The molecule has 9 heteroatoms. The molecular weight excluding hydrogens is 544 g/mol. The van der Waals surface area contributed by atoms with Gasteiger partial charge in [-0.2, -0.15) is 5.26 Å². The monoisotopic (exact) mass is 584 g/mol. The third kappa shape index (κ3) is 6.00. The minimum absolute atomic E-state index is 0.152. The van der Waals surface area contributed by atoms with E-state index in [0.717, 1.165) is 60.5 Å².